The summed E-state index contributed by atoms with van der Waals surface area (Å²) in [6, 6.07) is 3.64. The number of ether oxygens (including phenoxy) is 1. The van der Waals surface area contributed by atoms with E-state index in [-0.39, 0.29) is 0 Å². The van der Waals surface area contributed by atoms with Crippen LogP contribution in [0.1, 0.15) is 33.1 Å². The van der Waals surface area contributed by atoms with Crippen molar-refractivity contribution in [1.82, 2.24) is 4.98 Å². The number of anilines is 2. The molecule has 0 aromatic carbocycles. The molecule has 2 N–H and O–H groups in total. The average molecular weight is 251 g/mol. The average Bonchev–Trinajstić information content (AvgIpc) is 2.37. The predicted molar refractivity (Wildman–Crippen MR) is 72.9 cm³/mol. The lowest BCUT2D eigenvalue weighted by atomic mass is 10.2. The molecule has 0 spiro atoms. The second kappa shape index (κ2) is 8.33. The number of unbranched alkanes of at least 4 members (excludes halogenated alkanes) is 2. The highest BCUT2D eigenvalue weighted by molar-refractivity contribution is 5.84. The van der Waals surface area contributed by atoms with E-state index in [4.69, 9.17) is 4.74 Å². The number of carbonyl (C=O) groups excluding carboxylic acids is 1. The first-order chi connectivity index (χ1) is 8.76. The van der Waals surface area contributed by atoms with Gasteiger partial charge in [-0.2, -0.15) is 0 Å². The normalized spacial score (nSPS) is 9.89. The van der Waals surface area contributed by atoms with Gasteiger partial charge in [0.2, 0.25) is 0 Å². The summed E-state index contributed by atoms with van der Waals surface area (Å²) in [5, 5.41) is 5.83. The first kappa shape index (κ1) is 14.3. The summed E-state index contributed by atoms with van der Waals surface area (Å²) in [6.45, 7) is 5.22. The van der Waals surface area contributed by atoms with Gasteiger partial charge < -0.3 is 10.1 Å². The van der Waals surface area contributed by atoms with Crippen LogP contribution in [-0.2, 0) is 4.74 Å². The largest absolute Gasteiger partial charge is 0.450 e. The van der Waals surface area contributed by atoms with Gasteiger partial charge >= 0.3 is 6.09 Å². The van der Waals surface area contributed by atoms with Gasteiger partial charge in [-0.15, -0.1) is 0 Å². The fourth-order valence-electron chi connectivity index (χ4n) is 1.45. The molecule has 1 amide bonds. The Bertz CT molecular complexity index is 352. The maximum absolute atomic E-state index is 11.2. The maximum atomic E-state index is 11.2. The second-order valence-corrected chi connectivity index (χ2v) is 3.91. The summed E-state index contributed by atoms with van der Waals surface area (Å²) in [6.07, 6.45) is 4.72. The van der Waals surface area contributed by atoms with Crippen LogP contribution in [0.4, 0.5) is 16.3 Å². The minimum Gasteiger partial charge on any atom is -0.450 e. The van der Waals surface area contributed by atoms with Crippen molar-refractivity contribution in [2.45, 2.75) is 33.1 Å². The van der Waals surface area contributed by atoms with Gasteiger partial charge in [0, 0.05) is 6.54 Å². The summed E-state index contributed by atoms with van der Waals surface area (Å²) in [4.78, 5) is 15.4. The molecule has 18 heavy (non-hydrogen) atoms. The first-order valence-corrected chi connectivity index (χ1v) is 6.40. The Balaban J connectivity index is 2.35. The van der Waals surface area contributed by atoms with Crippen molar-refractivity contribution in [3.05, 3.63) is 18.3 Å². The molecule has 0 saturated carbocycles. The summed E-state index contributed by atoms with van der Waals surface area (Å²) >= 11 is 0. The lowest BCUT2D eigenvalue weighted by Gasteiger charge is -2.07. The summed E-state index contributed by atoms with van der Waals surface area (Å²) < 4.78 is 4.77. The monoisotopic (exact) mass is 251 g/mol. The molecule has 0 aliphatic heterocycles. The molecule has 0 aliphatic carbocycles. The second-order valence-electron chi connectivity index (χ2n) is 3.91. The highest BCUT2D eigenvalue weighted by Crippen LogP contribution is 2.10. The molecule has 5 heteroatoms. The summed E-state index contributed by atoms with van der Waals surface area (Å²) in [7, 11) is 0. The van der Waals surface area contributed by atoms with Crippen molar-refractivity contribution in [1.29, 1.82) is 0 Å². The number of hydrogen-bond donors (Lipinski definition) is 2. The van der Waals surface area contributed by atoms with E-state index in [2.05, 4.69) is 22.5 Å². The molecule has 0 atom stereocenters. The molecule has 1 aromatic rings. The molecule has 1 rings (SSSR count). The molecule has 5 nitrogen and oxygen atoms in total. The third kappa shape index (κ3) is 5.52. The molecule has 0 bridgehead atoms. The summed E-state index contributed by atoms with van der Waals surface area (Å²) in [5.41, 5.74) is 0.632. The van der Waals surface area contributed by atoms with Gasteiger partial charge in [0.25, 0.3) is 0 Å². The minimum absolute atomic E-state index is 0.357. The van der Waals surface area contributed by atoms with E-state index in [0.29, 0.717) is 12.3 Å². The number of aromatic nitrogens is 1. The van der Waals surface area contributed by atoms with Crippen LogP contribution in [0.3, 0.4) is 0 Å². The Morgan fingerprint density at radius 3 is 2.78 bits per heavy atom. The minimum atomic E-state index is -0.456. The Morgan fingerprint density at radius 2 is 2.17 bits per heavy atom. The fraction of sp³-hybridized carbons (Fsp3) is 0.538. The maximum Gasteiger partial charge on any atom is 0.411 e. The van der Waals surface area contributed by atoms with Crippen LogP contribution >= 0.6 is 0 Å². The van der Waals surface area contributed by atoms with Gasteiger partial charge in [-0.05, 0) is 25.5 Å². The van der Waals surface area contributed by atoms with Crippen LogP contribution in [-0.4, -0.2) is 24.2 Å². The Morgan fingerprint density at radius 1 is 1.33 bits per heavy atom. The van der Waals surface area contributed by atoms with Crippen LogP contribution < -0.4 is 10.6 Å². The zero-order chi connectivity index (χ0) is 13.2. The van der Waals surface area contributed by atoms with E-state index in [1.54, 1.807) is 19.2 Å². The van der Waals surface area contributed by atoms with Crippen molar-refractivity contribution in [3.8, 4) is 0 Å². The quantitative estimate of drug-likeness (QED) is 0.730. The lowest BCUT2D eigenvalue weighted by molar-refractivity contribution is 0.168. The van der Waals surface area contributed by atoms with Gasteiger partial charge in [-0.3, -0.25) is 5.32 Å². The number of hydrogen-bond acceptors (Lipinski definition) is 4. The Labute approximate surface area is 108 Å². The van der Waals surface area contributed by atoms with Crippen LogP contribution in [0.2, 0.25) is 0 Å². The van der Waals surface area contributed by atoms with Gasteiger partial charge in [0.05, 0.1) is 18.5 Å². The SMILES string of the molecule is CCCCCNc1ccc(NC(=O)OCC)cn1. The van der Waals surface area contributed by atoms with Crippen LogP contribution in [0.25, 0.3) is 0 Å². The number of amides is 1. The molecule has 0 radical (unpaired) electrons. The highest BCUT2D eigenvalue weighted by Gasteiger charge is 2.01. The molecule has 100 valence electrons. The Hall–Kier alpha value is -1.78. The van der Waals surface area contributed by atoms with Crippen molar-refractivity contribution >= 4 is 17.6 Å². The number of rotatable bonds is 7. The predicted octanol–water partition coefficient (Wildman–Crippen LogP) is 3.25. The van der Waals surface area contributed by atoms with E-state index in [9.17, 15) is 4.79 Å². The zero-order valence-corrected chi connectivity index (χ0v) is 11.0. The highest BCUT2D eigenvalue weighted by atomic mass is 16.5. The topological polar surface area (TPSA) is 63.2 Å². The number of nitrogens with one attached hydrogen (secondary N) is 2. The van der Waals surface area contributed by atoms with E-state index in [0.717, 1.165) is 18.8 Å². The number of carbonyl (C=O) groups is 1. The molecule has 0 saturated heterocycles. The van der Waals surface area contributed by atoms with E-state index >= 15 is 0 Å². The summed E-state index contributed by atoms with van der Waals surface area (Å²) in [5.74, 6) is 0.820. The van der Waals surface area contributed by atoms with Crippen molar-refractivity contribution in [3.63, 3.8) is 0 Å². The van der Waals surface area contributed by atoms with Crippen molar-refractivity contribution in [2.24, 2.45) is 0 Å². The van der Waals surface area contributed by atoms with Crippen molar-refractivity contribution in [2.75, 3.05) is 23.8 Å². The van der Waals surface area contributed by atoms with Gasteiger partial charge in [0.1, 0.15) is 5.82 Å². The van der Waals surface area contributed by atoms with E-state index in [1.807, 2.05) is 6.07 Å². The molecule has 1 heterocycles. The van der Waals surface area contributed by atoms with Crippen molar-refractivity contribution < 1.29 is 9.53 Å². The molecule has 0 fully saturated rings. The third-order valence-corrected chi connectivity index (χ3v) is 2.37. The smallest absolute Gasteiger partial charge is 0.411 e. The molecular weight excluding hydrogens is 230 g/mol. The van der Waals surface area contributed by atoms with Gasteiger partial charge in [-0.25, -0.2) is 9.78 Å². The van der Waals surface area contributed by atoms with Gasteiger partial charge in [0.15, 0.2) is 0 Å². The third-order valence-electron chi connectivity index (χ3n) is 2.37. The van der Waals surface area contributed by atoms with E-state index in [1.165, 1.54) is 12.8 Å². The molecular formula is C13H21N3O2. The van der Waals surface area contributed by atoms with Crippen LogP contribution in [0.5, 0.6) is 0 Å². The first-order valence-electron chi connectivity index (χ1n) is 6.40. The molecule has 0 unspecified atom stereocenters. The molecule has 0 aliphatic rings. The number of nitrogens with zero attached hydrogens (tertiary/aromatic N) is 1. The van der Waals surface area contributed by atoms with Gasteiger partial charge in [-0.1, -0.05) is 19.8 Å². The van der Waals surface area contributed by atoms with Crippen LogP contribution in [0, 0.1) is 0 Å². The molecule has 1 aromatic heterocycles. The van der Waals surface area contributed by atoms with Crippen LogP contribution in [0.15, 0.2) is 18.3 Å². The van der Waals surface area contributed by atoms with E-state index < -0.39 is 6.09 Å². The number of pyridine rings is 1. The Kier molecular flexibility index (Phi) is 6.61. The zero-order valence-electron chi connectivity index (χ0n) is 11.0. The lowest BCUT2D eigenvalue weighted by Crippen LogP contribution is -2.13. The standard InChI is InChI=1S/C13H21N3O2/c1-3-5-6-9-14-12-8-7-11(10-15-12)16-13(17)18-4-2/h7-8,10H,3-6,9H2,1-2H3,(H,14,15)(H,16,17). The fourth-order valence-corrected chi connectivity index (χ4v) is 1.45.